The Hall–Kier alpha value is -1.44. The number of hydrogen-bond donors (Lipinski definition) is 2. The monoisotopic (exact) mass is 227 g/mol. The van der Waals surface area contributed by atoms with Crippen LogP contribution < -0.4 is 5.32 Å². The van der Waals surface area contributed by atoms with Gasteiger partial charge in [0.05, 0.1) is 13.7 Å². The van der Waals surface area contributed by atoms with Gasteiger partial charge in [-0.2, -0.15) is 8.78 Å². The molecule has 0 aromatic rings. The molecule has 0 bridgehead atoms. The Balaban J connectivity index is 3.94. The van der Waals surface area contributed by atoms with E-state index in [1.165, 1.54) is 0 Å². The number of carbonyl (C=O) groups is 2. The van der Waals surface area contributed by atoms with Gasteiger partial charge in [0.15, 0.2) is 0 Å². The zero-order chi connectivity index (χ0) is 11.8. The van der Waals surface area contributed by atoms with Gasteiger partial charge in [-0.3, -0.25) is 0 Å². The van der Waals surface area contributed by atoms with Crippen LogP contribution in [0.1, 0.15) is 6.42 Å². The van der Waals surface area contributed by atoms with E-state index in [2.05, 4.69) is 9.47 Å². The summed E-state index contributed by atoms with van der Waals surface area (Å²) in [7, 11) is 1.06. The van der Waals surface area contributed by atoms with Crippen molar-refractivity contribution in [1.29, 1.82) is 0 Å². The largest absolute Gasteiger partial charge is 0.480 e. The van der Waals surface area contributed by atoms with Gasteiger partial charge in [0.1, 0.15) is 6.04 Å². The molecule has 0 aromatic carbocycles. The Bertz CT molecular complexity index is 223. The van der Waals surface area contributed by atoms with Crippen LogP contribution >= 0.6 is 0 Å². The van der Waals surface area contributed by atoms with Gasteiger partial charge >= 0.3 is 18.7 Å². The number of carbonyl (C=O) groups excluding carboxylic acids is 1. The van der Waals surface area contributed by atoms with E-state index >= 15 is 0 Å². The summed E-state index contributed by atoms with van der Waals surface area (Å²) in [5.41, 5.74) is 0. The number of alkyl halides is 2. The molecule has 6 nitrogen and oxygen atoms in total. The van der Waals surface area contributed by atoms with E-state index in [0.29, 0.717) is 0 Å². The standard InChI is InChI=1S/C7H11F2NO5/c1-14-7(13)10-4(5(11)12)2-3-15-6(8)9/h4,6H,2-3H2,1H3,(H,10,13)(H,11,12)/t4-/m0/s1. The highest BCUT2D eigenvalue weighted by Gasteiger charge is 2.20. The number of ether oxygens (including phenoxy) is 2. The van der Waals surface area contributed by atoms with Crippen molar-refractivity contribution >= 4 is 12.1 Å². The zero-order valence-corrected chi connectivity index (χ0v) is 7.91. The number of carboxylic acid groups (broad SMARTS) is 1. The Morgan fingerprint density at radius 1 is 1.47 bits per heavy atom. The Morgan fingerprint density at radius 2 is 2.07 bits per heavy atom. The molecule has 8 heteroatoms. The van der Waals surface area contributed by atoms with Gasteiger partial charge in [-0.25, -0.2) is 9.59 Å². The summed E-state index contributed by atoms with van der Waals surface area (Å²) in [4.78, 5) is 21.2. The minimum absolute atomic E-state index is 0.269. The molecule has 0 aromatic heterocycles. The first kappa shape index (κ1) is 13.6. The van der Waals surface area contributed by atoms with Crippen LogP contribution in [0.4, 0.5) is 13.6 Å². The van der Waals surface area contributed by atoms with Crippen LogP contribution in [0, 0.1) is 0 Å². The normalized spacial score (nSPS) is 12.3. The molecule has 1 atom stereocenters. The molecule has 0 fully saturated rings. The molecule has 0 heterocycles. The third kappa shape index (κ3) is 6.61. The van der Waals surface area contributed by atoms with Crippen molar-refractivity contribution in [1.82, 2.24) is 5.32 Å². The average Bonchev–Trinajstić information content (AvgIpc) is 2.15. The Labute approximate surface area is 84.2 Å². The molecule has 0 saturated heterocycles. The van der Waals surface area contributed by atoms with Crippen LogP contribution in [0.3, 0.4) is 0 Å². The van der Waals surface area contributed by atoms with E-state index < -0.39 is 31.3 Å². The number of halogens is 2. The van der Waals surface area contributed by atoms with Crippen LogP contribution in [0.2, 0.25) is 0 Å². The fourth-order valence-electron chi connectivity index (χ4n) is 0.734. The van der Waals surface area contributed by atoms with Crippen LogP contribution in [-0.2, 0) is 14.3 Å². The second-order valence-electron chi connectivity index (χ2n) is 2.45. The number of amides is 1. The summed E-state index contributed by atoms with van der Waals surface area (Å²) in [5.74, 6) is -1.35. The van der Waals surface area contributed by atoms with Crippen LogP contribution in [0.5, 0.6) is 0 Å². The first-order valence-electron chi connectivity index (χ1n) is 3.94. The van der Waals surface area contributed by atoms with Gasteiger partial charge in [-0.15, -0.1) is 0 Å². The highest BCUT2D eigenvalue weighted by molar-refractivity contribution is 5.79. The second kappa shape index (κ2) is 6.93. The molecule has 0 aliphatic heterocycles. The van der Waals surface area contributed by atoms with Crippen molar-refractivity contribution in [2.45, 2.75) is 19.1 Å². The predicted octanol–water partition coefficient (Wildman–Crippen LogP) is 0.425. The molecule has 15 heavy (non-hydrogen) atoms. The van der Waals surface area contributed by atoms with Gasteiger partial charge < -0.3 is 19.9 Å². The lowest BCUT2D eigenvalue weighted by atomic mass is 10.2. The lowest BCUT2D eigenvalue weighted by Gasteiger charge is -2.13. The van der Waals surface area contributed by atoms with Crippen molar-refractivity contribution in [3.8, 4) is 0 Å². The SMILES string of the molecule is COC(=O)N[C@@H](CCOC(F)F)C(=O)O. The summed E-state index contributed by atoms with van der Waals surface area (Å²) < 4.78 is 31.1. The zero-order valence-electron chi connectivity index (χ0n) is 7.91. The lowest BCUT2D eigenvalue weighted by molar-refractivity contribution is -0.145. The maximum atomic E-state index is 11.5. The molecule has 1 amide bonds. The quantitative estimate of drug-likeness (QED) is 0.687. The Morgan fingerprint density at radius 3 is 2.47 bits per heavy atom. The average molecular weight is 227 g/mol. The molecule has 2 N–H and O–H groups in total. The summed E-state index contributed by atoms with van der Waals surface area (Å²) in [6.07, 6.45) is -1.21. The number of methoxy groups -OCH3 is 1. The highest BCUT2D eigenvalue weighted by atomic mass is 19.3. The van der Waals surface area contributed by atoms with E-state index in [4.69, 9.17) is 5.11 Å². The van der Waals surface area contributed by atoms with Gasteiger partial charge in [-0.05, 0) is 0 Å². The highest BCUT2D eigenvalue weighted by Crippen LogP contribution is 1.99. The minimum atomic E-state index is -2.96. The Kier molecular flexibility index (Phi) is 6.27. The first-order chi connectivity index (χ1) is 6.97. The van der Waals surface area contributed by atoms with Crippen molar-refractivity contribution in [2.24, 2.45) is 0 Å². The van der Waals surface area contributed by atoms with Gasteiger partial charge in [0.25, 0.3) is 0 Å². The fourth-order valence-corrected chi connectivity index (χ4v) is 0.734. The van der Waals surface area contributed by atoms with Crippen LogP contribution in [0.25, 0.3) is 0 Å². The van der Waals surface area contributed by atoms with E-state index in [-0.39, 0.29) is 6.42 Å². The third-order valence-electron chi connectivity index (χ3n) is 1.43. The molecule has 0 aliphatic carbocycles. The van der Waals surface area contributed by atoms with E-state index in [1.807, 2.05) is 5.32 Å². The van der Waals surface area contributed by atoms with Crippen molar-refractivity contribution in [2.75, 3.05) is 13.7 Å². The van der Waals surface area contributed by atoms with Crippen molar-refractivity contribution < 1.29 is 33.0 Å². The van der Waals surface area contributed by atoms with Crippen molar-refractivity contribution in [3.63, 3.8) is 0 Å². The first-order valence-corrected chi connectivity index (χ1v) is 3.94. The topological polar surface area (TPSA) is 84.9 Å². The third-order valence-corrected chi connectivity index (χ3v) is 1.43. The molecule has 0 rings (SSSR count). The van der Waals surface area contributed by atoms with Crippen LogP contribution in [0.15, 0.2) is 0 Å². The summed E-state index contributed by atoms with van der Waals surface area (Å²) >= 11 is 0. The summed E-state index contributed by atoms with van der Waals surface area (Å²) in [6.45, 7) is -3.43. The van der Waals surface area contributed by atoms with E-state index in [1.54, 1.807) is 0 Å². The number of aliphatic carboxylic acids is 1. The molecule has 0 unspecified atom stereocenters. The van der Waals surface area contributed by atoms with E-state index in [9.17, 15) is 18.4 Å². The maximum Gasteiger partial charge on any atom is 0.407 e. The molecular weight excluding hydrogens is 216 g/mol. The number of hydrogen-bond acceptors (Lipinski definition) is 4. The molecular formula is C7H11F2NO5. The van der Waals surface area contributed by atoms with E-state index in [0.717, 1.165) is 7.11 Å². The second-order valence-corrected chi connectivity index (χ2v) is 2.45. The van der Waals surface area contributed by atoms with Gasteiger partial charge in [0.2, 0.25) is 0 Å². The smallest absolute Gasteiger partial charge is 0.407 e. The lowest BCUT2D eigenvalue weighted by Crippen LogP contribution is -2.41. The maximum absolute atomic E-state index is 11.5. The summed E-state index contributed by atoms with van der Waals surface area (Å²) in [6, 6.07) is -1.31. The molecule has 88 valence electrons. The van der Waals surface area contributed by atoms with Crippen LogP contribution in [-0.4, -0.2) is 43.5 Å². The summed E-state index contributed by atoms with van der Waals surface area (Å²) in [5, 5.41) is 10.5. The predicted molar refractivity (Wildman–Crippen MR) is 43.5 cm³/mol. The number of carboxylic acids is 1. The molecule has 0 saturated carbocycles. The minimum Gasteiger partial charge on any atom is -0.480 e. The number of alkyl carbamates (subject to hydrolysis) is 1. The molecule has 0 spiro atoms. The number of rotatable bonds is 6. The molecule has 0 aliphatic rings. The van der Waals surface area contributed by atoms with Crippen molar-refractivity contribution in [3.05, 3.63) is 0 Å². The van der Waals surface area contributed by atoms with Gasteiger partial charge in [0, 0.05) is 6.42 Å². The van der Waals surface area contributed by atoms with Gasteiger partial charge in [-0.1, -0.05) is 0 Å². The fraction of sp³-hybridized carbons (Fsp3) is 0.714. The number of nitrogens with one attached hydrogen (secondary N) is 1. The molecule has 0 radical (unpaired) electrons.